The zero-order valence-corrected chi connectivity index (χ0v) is 19.5. The van der Waals surface area contributed by atoms with Gasteiger partial charge in [0, 0.05) is 63.4 Å². The summed E-state index contributed by atoms with van der Waals surface area (Å²) in [7, 11) is 0. The van der Waals surface area contributed by atoms with E-state index in [1.807, 2.05) is 19.9 Å². The number of aryl methyl sites for hydroxylation is 2. The molecule has 1 saturated heterocycles. The van der Waals surface area contributed by atoms with E-state index in [1.54, 1.807) is 6.26 Å². The van der Waals surface area contributed by atoms with E-state index in [4.69, 9.17) is 14.0 Å². The number of halogens is 1. The Morgan fingerprint density at radius 2 is 2.00 bits per heavy atom. The molecule has 0 aromatic carbocycles. The summed E-state index contributed by atoms with van der Waals surface area (Å²) in [5.74, 6) is 2.15. The fraction of sp³-hybridized carbons (Fsp3) is 0.632. The molecule has 9 heteroatoms. The zero-order valence-electron chi connectivity index (χ0n) is 17.1. The van der Waals surface area contributed by atoms with Crippen LogP contribution >= 0.6 is 24.0 Å². The molecule has 1 atom stereocenters. The Morgan fingerprint density at radius 1 is 1.25 bits per heavy atom. The van der Waals surface area contributed by atoms with E-state index < -0.39 is 0 Å². The van der Waals surface area contributed by atoms with Gasteiger partial charge in [-0.3, -0.25) is 9.89 Å². The molecule has 1 aliphatic heterocycles. The molecule has 0 spiro atoms. The number of piperazine rings is 1. The summed E-state index contributed by atoms with van der Waals surface area (Å²) in [6.07, 6.45) is 1.63. The fourth-order valence-corrected chi connectivity index (χ4v) is 3.60. The number of nitrogens with one attached hydrogen (secondary N) is 1. The maximum absolute atomic E-state index is 5.30. The van der Waals surface area contributed by atoms with Crippen LogP contribution in [0.2, 0.25) is 0 Å². The van der Waals surface area contributed by atoms with Crippen LogP contribution < -0.4 is 5.32 Å². The van der Waals surface area contributed by atoms with Crippen LogP contribution in [0.25, 0.3) is 0 Å². The van der Waals surface area contributed by atoms with Crippen molar-refractivity contribution in [1.29, 1.82) is 0 Å². The lowest BCUT2D eigenvalue weighted by Crippen LogP contribution is -2.52. The van der Waals surface area contributed by atoms with Crippen molar-refractivity contribution in [2.24, 2.45) is 4.99 Å². The van der Waals surface area contributed by atoms with Gasteiger partial charge in [0.15, 0.2) is 5.96 Å². The second-order valence-corrected chi connectivity index (χ2v) is 7.09. The molecule has 3 heterocycles. The van der Waals surface area contributed by atoms with Crippen LogP contribution in [0.15, 0.2) is 26.4 Å². The molecule has 156 valence electrons. The number of guanidine groups is 1. The summed E-state index contributed by atoms with van der Waals surface area (Å²) in [5.41, 5.74) is 3.12. The molecule has 8 nitrogen and oxygen atoms in total. The van der Waals surface area contributed by atoms with Crippen molar-refractivity contribution >= 4 is 29.9 Å². The van der Waals surface area contributed by atoms with E-state index in [0.29, 0.717) is 6.54 Å². The Bertz CT molecular complexity index is 718. The smallest absolute Gasteiger partial charge is 0.194 e. The van der Waals surface area contributed by atoms with Gasteiger partial charge in [0.1, 0.15) is 12.0 Å². The Hall–Kier alpha value is -1.62. The molecule has 0 saturated carbocycles. The summed E-state index contributed by atoms with van der Waals surface area (Å²) in [5, 5.41) is 11.5. The lowest BCUT2D eigenvalue weighted by Gasteiger charge is -2.36. The molecule has 0 amide bonds. The van der Waals surface area contributed by atoms with Crippen LogP contribution in [0.3, 0.4) is 0 Å². The lowest BCUT2D eigenvalue weighted by atomic mass is 10.00. The third kappa shape index (κ3) is 5.69. The second-order valence-electron chi connectivity index (χ2n) is 7.09. The predicted octanol–water partition coefficient (Wildman–Crippen LogP) is 2.78. The van der Waals surface area contributed by atoms with Crippen LogP contribution in [0, 0.1) is 13.8 Å². The first-order valence-corrected chi connectivity index (χ1v) is 9.66. The van der Waals surface area contributed by atoms with Gasteiger partial charge in [-0.15, -0.1) is 24.0 Å². The first-order chi connectivity index (χ1) is 13.1. The molecule has 0 radical (unpaired) electrons. The third-order valence-corrected chi connectivity index (χ3v) is 4.98. The topological polar surface area (TPSA) is 82.9 Å². The number of aliphatic imine (C=N–C) groups is 1. The normalized spacial score (nSPS) is 16.7. The van der Waals surface area contributed by atoms with Crippen LogP contribution in [0.1, 0.15) is 42.5 Å². The zero-order chi connectivity index (χ0) is 19.2. The van der Waals surface area contributed by atoms with Crippen molar-refractivity contribution in [2.75, 3.05) is 39.3 Å². The van der Waals surface area contributed by atoms with Crippen molar-refractivity contribution < 1.29 is 9.05 Å². The number of rotatable bonds is 6. The van der Waals surface area contributed by atoms with Crippen molar-refractivity contribution in [3.05, 3.63) is 35.0 Å². The minimum absolute atomic E-state index is 0. The summed E-state index contributed by atoms with van der Waals surface area (Å²) >= 11 is 0. The Kier molecular flexibility index (Phi) is 8.74. The molecule has 3 rings (SSSR count). The average Bonchev–Trinajstić information content (AvgIpc) is 3.29. The van der Waals surface area contributed by atoms with Gasteiger partial charge in [-0.1, -0.05) is 17.2 Å². The summed E-state index contributed by atoms with van der Waals surface area (Å²) in [4.78, 5) is 9.62. The second kappa shape index (κ2) is 10.8. The highest BCUT2D eigenvalue weighted by molar-refractivity contribution is 14.0. The molecule has 1 aliphatic rings. The predicted molar refractivity (Wildman–Crippen MR) is 119 cm³/mol. The number of aromatic nitrogens is 2. The molecule has 2 aromatic heterocycles. The van der Waals surface area contributed by atoms with Gasteiger partial charge in [-0.25, -0.2) is 0 Å². The van der Waals surface area contributed by atoms with Gasteiger partial charge in [-0.05, 0) is 20.8 Å². The van der Waals surface area contributed by atoms with Crippen molar-refractivity contribution in [3.63, 3.8) is 0 Å². The highest BCUT2D eigenvalue weighted by Crippen LogP contribution is 2.23. The lowest BCUT2D eigenvalue weighted by molar-refractivity contribution is 0.169. The van der Waals surface area contributed by atoms with Crippen LogP contribution in [0.4, 0.5) is 0 Å². The molecule has 1 fully saturated rings. The molecule has 1 unspecified atom stereocenters. The first-order valence-electron chi connectivity index (χ1n) is 9.66. The Balaban J connectivity index is 0.00000280. The van der Waals surface area contributed by atoms with Gasteiger partial charge >= 0.3 is 0 Å². The maximum atomic E-state index is 5.30. The minimum Gasteiger partial charge on any atom is -0.364 e. The van der Waals surface area contributed by atoms with Crippen molar-refractivity contribution in [3.8, 4) is 0 Å². The average molecular weight is 502 g/mol. The summed E-state index contributed by atoms with van der Waals surface area (Å²) < 4.78 is 10.2. The molecular formula is C19H31IN6O2. The summed E-state index contributed by atoms with van der Waals surface area (Å²) in [6, 6.07) is 1.92. The van der Waals surface area contributed by atoms with Crippen LogP contribution in [-0.4, -0.2) is 65.3 Å². The summed E-state index contributed by atoms with van der Waals surface area (Å²) in [6.45, 7) is 14.5. The minimum atomic E-state index is 0. The number of hydrogen-bond acceptors (Lipinski definition) is 6. The van der Waals surface area contributed by atoms with E-state index in [-0.39, 0.29) is 29.9 Å². The third-order valence-electron chi connectivity index (χ3n) is 4.98. The molecule has 0 aliphatic carbocycles. The fourth-order valence-electron chi connectivity index (χ4n) is 3.60. The van der Waals surface area contributed by atoms with Gasteiger partial charge < -0.3 is 19.3 Å². The quantitative estimate of drug-likeness (QED) is 0.370. The van der Waals surface area contributed by atoms with Gasteiger partial charge in [-0.2, -0.15) is 0 Å². The standard InChI is InChI=1S/C19H30N6O2.HI/c1-5-20-19(21-12-14(2)18-15(3)22-27-16(18)4)25-9-7-24(8-10-25)13-17-6-11-26-23-17;/h6,11,14H,5,7-10,12-13H2,1-4H3,(H,20,21);1H. The largest absolute Gasteiger partial charge is 0.364 e. The monoisotopic (exact) mass is 502 g/mol. The SMILES string of the molecule is CCNC(=NCC(C)c1c(C)noc1C)N1CCN(Cc2ccon2)CC1.I. The van der Waals surface area contributed by atoms with Crippen molar-refractivity contribution in [1.82, 2.24) is 25.4 Å². The van der Waals surface area contributed by atoms with Gasteiger partial charge in [0.2, 0.25) is 0 Å². The van der Waals surface area contributed by atoms with Gasteiger partial charge in [0.05, 0.1) is 11.4 Å². The van der Waals surface area contributed by atoms with Crippen LogP contribution in [-0.2, 0) is 6.54 Å². The highest BCUT2D eigenvalue weighted by atomic mass is 127. The Labute approximate surface area is 183 Å². The number of hydrogen-bond donors (Lipinski definition) is 1. The van der Waals surface area contributed by atoms with Crippen LogP contribution in [0.5, 0.6) is 0 Å². The molecule has 28 heavy (non-hydrogen) atoms. The van der Waals surface area contributed by atoms with E-state index in [2.05, 4.69) is 39.3 Å². The Morgan fingerprint density at radius 3 is 2.57 bits per heavy atom. The van der Waals surface area contributed by atoms with Gasteiger partial charge in [0.25, 0.3) is 0 Å². The van der Waals surface area contributed by atoms with E-state index >= 15 is 0 Å². The van der Waals surface area contributed by atoms with E-state index in [1.165, 1.54) is 5.56 Å². The molecule has 2 aromatic rings. The molecule has 1 N–H and O–H groups in total. The van der Waals surface area contributed by atoms with E-state index in [0.717, 1.165) is 62.4 Å². The maximum Gasteiger partial charge on any atom is 0.194 e. The molecular weight excluding hydrogens is 471 g/mol. The van der Waals surface area contributed by atoms with Crippen molar-refractivity contribution in [2.45, 2.75) is 40.2 Å². The number of nitrogens with zero attached hydrogens (tertiary/aromatic N) is 5. The first kappa shape index (κ1) is 22.7. The van der Waals surface area contributed by atoms with E-state index in [9.17, 15) is 0 Å². The molecule has 0 bridgehead atoms. The highest BCUT2D eigenvalue weighted by Gasteiger charge is 2.21.